The molecule has 1 saturated heterocycles. The molecular weight excluding hydrogens is 268 g/mol. The fourth-order valence-electron chi connectivity index (χ4n) is 2.39. The first-order valence-corrected chi connectivity index (χ1v) is 6.96. The van der Waals surface area contributed by atoms with Gasteiger partial charge in [-0.2, -0.15) is 0 Å². The number of carbonyl (C=O) groups is 2. The Kier molecular flexibility index (Phi) is 4.75. The highest BCUT2D eigenvalue weighted by molar-refractivity contribution is 5.95. The Bertz CT molecular complexity index is 573. The molecule has 5 nitrogen and oxygen atoms in total. The first-order chi connectivity index (χ1) is 9.95. The van der Waals surface area contributed by atoms with Crippen LogP contribution in [-0.2, 0) is 4.79 Å². The fourth-order valence-corrected chi connectivity index (χ4v) is 2.39. The summed E-state index contributed by atoms with van der Waals surface area (Å²) >= 11 is 0. The first-order valence-electron chi connectivity index (χ1n) is 6.96. The van der Waals surface area contributed by atoms with Crippen LogP contribution in [0.4, 0.5) is 0 Å². The number of rotatable bonds is 3. The SMILES string of the molecule is Cc1cc(/C=C/C(=O)O)cc(C(=O)N2CCN(C)CC2)c1. The summed E-state index contributed by atoms with van der Waals surface area (Å²) in [6.45, 7) is 5.11. The number of carboxylic acids is 1. The number of aryl methyl sites for hydroxylation is 1. The quantitative estimate of drug-likeness (QED) is 0.856. The van der Waals surface area contributed by atoms with E-state index < -0.39 is 5.97 Å². The average Bonchev–Trinajstić information content (AvgIpc) is 2.44. The molecule has 2 rings (SSSR count). The van der Waals surface area contributed by atoms with Gasteiger partial charge in [0.15, 0.2) is 0 Å². The number of benzene rings is 1. The van der Waals surface area contributed by atoms with E-state index in [-0.39, 0.29) is 5.91 Å². The van der Waals surface area contributed by atoms with Gasteiger partial charge >= 0.3 is 5.97 Å². The van der Waals surface area contributed by atoms with E-state index in [2.05, 4.69) is 4.90 Å². The molecule has 0 spiro atoms. The average molecular weight is 288 g/mol. The Labute approximate surface area is 124 Å². The van der Waals surface area contributed by atoms with Crippen LogP contribution in [0, 0.1) is 6.92 Å². The molecular formula is C16H20N2O3. The molecule has 1 aliphatic rings. The van der Waals surface area contributed by atoms with Gasteiger partial charge in [-0.1, -0.05) is 6.07 Å². The minimum absolute atomic E-state index is 0.0109. The molecule has 1 aromatic carbocycles. The number of nitrogens with zero attached hydrogens (tertiary/aromatic N) is 2. The van der Waals surface area contributed by atoms with Gasteiger partial charge in [0, 0.05) is 37.8 Å². The summed E-state index contributed by atoms with van der Waals surface area (Å²) in [4.78, 5) is 27.1. The van der Waals surface area contributed by atoms with Crippen LogP contribution in [-0.4, -0.2) is 60.0 Å². The Morgan fingerprint density at radius 3 is 2.43 bits per heavy atom. The van der Waals surface area contributed by atoms with Gasteiger partial charge in [0.2, 0.25) is 0 Å². The van der Waals surface area contributed by atoms with E-state index >= 15 is 0 Å². The van der Waals surface area contributed by atoms with Crippen molar-refractivity contribution >= 4 is 18.0 Å². The zero-order chi connectivity index (χ0) is 15.4. The molecule has 0 aliphatic carbocycles. The third-order valence-electron chi connectivity index (χ3n) is 3.56. The fraction of sp³-hybridized carbons (Fsp3) is 0.375. The number of aliphatic carboxylic acids is 1. The monoisotopic (exact) mass is 288 g/mol. The van der Waals surface area contributed by atoms with Crippen LogP contribution in [0.15, 0.2) is 24.3 Å². The maximum atomic E-state index is 12.5. The summed E-state index contributed by atoms with van der Waals surface area (Å²) in [6.07, 6.45) is 2.59. The number of piperazine rings is 1. The lowest BCUT2D eigenvalue weighted by molar-refractivity contribution is -0.131. The molecule has 0 bridgehead atoms. The molecule has 5 heteroatoms. The topological polar surface area (TPSA) is 60.9 Å². The van der Waals surface area contributed by atoms with Crippen molar-refractivity contribution in [1.29, 1.82) is 0 Å². The van der Waals surface area contributed by atoms with Gasteiger partial charge in [-0.05, 0) is 43.3 Å². The van der Waals surface area contributed by atoms with Crippen LogP contribution >= 0.6 is 0 Å². The second-order valence-electron chi connectivity index (χ2n) is 5.40. The molecule has 1 aliphatic heterocycles. The smallest absolute Gasteiger partial charge is 0.328 e. The van der Waals surface area contributed by atoms with E-state index in [1.807, 2.05) is 31.0 Å². The number of amides is 1. The number of hydrogen-bond donors (Lipinski definition) is 1. The molecule has 112 valence electrons. The number of likely N-dealkylation sites (N-methyl/N-ethyl adjacent to an activating group) is 1. The zero-order valence-corrected chi connectivity index (χ0v) is 12.4. The third kappa shape index (κ3) is 4.16. The van der Waals surface area contributed by atoms with Crippen LogP contribution in [0.3, 0.4) is 0 Å². The number of hydrogen-bond acceptors (Lipinski definition) is 3. The summed E-state index contributed by atoms with van der Waals surface area (Å²) in [5.74, 6) is -0.986. The van der Waals surface area contributed by atoms with Gasteiger partial charge in [-0.25, -0.2) is 4.79 Å². The maximum Gasteiger partial charge on any atom is 0.328 e. The van der Waals surface area contributed by atoms with Crippen molar-refractivity contribution in [2.75, 3.05) is 33.2 Å². The molecule has 1 amide bonds. The van der Waals surface area contributed by atoms with Crippen molar-refractivity contribution < 1.29 is 14.7 Å². The maximum absolute atomic E-state index is 12.5. The van der Waals surface area contributed by atoms with E-state index in [0.29, 0.717) is 5.56 Å². The predicted molar refractivity (Wildman–Crippen MR) is 81.2 cm³/mol. The zero-order valence-electron chi connectivity index (χ0n) is 12.4. The third-order valence-corrected chi connectivity index (χ3v) is 3.56. The van der Waals surface area contributed by atoms with Gasteiger partial charge in [0.1, 0.15) is 0 Å². The van der Waals surface area contributed by atoms with Crippen molar-refractivity contribution in [2.24, 2.45) is 0 Å². The largest absolute Gasteiger partial charge is 0.478 e. The Morgan fingerprint density at radius 1 is 1.14 bits per heavy atom. The Morgan fingerprint density at radius 2 is 1.81 bits per heavy atom. The standard InChI is InChI=1S/C16H20N2O3/c1-12-9-13(3-4-15(19)20)11-14(10-12)16(21)18-7-5-17(2)6-8-18/h3-4,9-11H,5-8H2,1-2H3,(H,19,20)/b4-3+. The normalized spacial score (nSPS) is 16.4. The van der Waals surface area contributed by atoms with Gasteiger partial charge < -0.3 is 14.9 Å². The molecule has 1 aromatic rings. The minimum Gasteiger partial charge on any atom is -0.478 e. The highest BCUT2D eigenvalue weighted by atomic mass is 16.4. The summed E-state index contributed by atoms with van der Waals surface area (Å²) < 4.78 is 0. The van der Waals surface area contributed by atoms with Crippen LogP contribution in [0.1, 0.15) is 21.5 Å². The van der Waals surface area contributed by atoms with E-state index in [4.69, 9.17) is 5.11 Å². The van der Waals surface area contributed by atoms with E-state index in [1.165, 1.54) is 6.08 Å². The van der Waals surface area contributed by atoms with Crippen molar-refractivity contribution in [3.8, 4) is 0 Å². The van der Waals surface area contributed by atoms with Gasteiger partial charge in [0.25, 0.3) is 5.91 Å². The summed E-state index contributed by atoms with van der Waals surface area (Å²) in [6, 6.07) is 5.45. The molecule has 1 heterocycles. The molecule has 0 radical (unpaired) electrons. The van der Waals surface area contributed by atoms with Crippen LogP contribution in [0.2, 0.25) is 0 Å². The Balaban J connectivity index is 2.19. The van der Waals surface area contributed by atoms with Gasteiger partial charge in [0.05, 0.1) is 0 Å². The lowest BCUT2D eigenvalue weighted by Crippen LogP contribution is -2.47. The van der Waals surface area contributed by atoms with E-state index in [0.717, 1.165) is 43.4 Å². The van der Waals surface area contributed by atoms with E-state index in [1.54, 1.807) is 6.07 Å². The van der Waals surface area contributed by atoms with Gasteiger partial charge in [-0.3, -0.25) is 4.79 Å². The summed E-state index contributed by atoms with van der Waals surface area (Å²) in [5, 5.41) is 8.68. The number of carbonyl (C=O) groups excluding carboxylic acids is 1. The molecule has 0 aromatic heterocycles. The van der Waals surface area contributed by atoms with Crippen molar-refractivity contribution in [2.45, 2.75) is 6.92 Å². The van der Waals surface area contributed by atoms with Gasteiger partial charge in [-0.15, -0.1) is 0 Å². The molecule has 0 unspecified atom stereocenters. The Hall–Kier alpha value is -2.14. The molecule has 21 heavy (non-hydrogen) atoms. The lowest BCUT2D eigenvalue weighted by atomic mass is 10.0. The molecule has 0 saturated carbocycles. The van der Waals surface area contributed by atoms with E-state index in [9.17, 15) is 9.59 Å². The highest BCUT2D eigenvalue weighted by Gasteiger charge is 2.20. The number of carboxylic acid groups (broad SMARTS) is 1. The van der Waals surface area contributed by atoms with Crippen LogP contribution < -0.4 is 0 Å². The molecule has 1 fully saturated rings. The minimum atomic E-state index is -0.997. The summed E-state index contributed by atoms with van der Waals surface area (Å²) in [7, 11) is 2.04. The van der Waals surface area contributed by atoms with Crippen LogP contribution in [0.5, 0.6) is 0 Å². The summed E-state index contributed by atoms with van der Waals surface area (Å²) in [5.41, 5.74) is 2.29. The van der Waals surface area contributed by atoms with Crippen molar-refractivity contribution in [3.05, 3.63) is 41.0 Å². The second kappa shape index (κ2) is 6.54. The van der Waals surface area contributed by atoms with Crippen molar-refractivity contribution in [1.82, 2.24) is 9.80 Å². The predicted octanol–water partition coefficient (Wildman–Crippen LogP) is 1.48. The van der Waals surface area contributed by atoms with Crippen molar-refractivity contribution in [3.63, 3.8) is 0 Å². The lowest BCUT2D eigenvalue weighted by Gasteiger charge is -2.32. The molecule has 1 N–H and O–H groups in total. The second-order valence-corrected chi connectivity index (χ2v) is 5.40. The first kappa shape index (κ1) is 15.3. The van der Waals surface area contributed by atoms with Crippen LogP contribution in [0.25, 0.3) is 6.08 Å². The highest BCUT2D eigenvalue weighted by Crippen LogP contribution is 2.14. The molecule has 0 atom stereocenters.